The van der Waals surface area contributed by atoms with Crippen LogP contribution in [0.25, 0.3) is 10.9 Å². The second kappa shape index (κ2) is 6.42. The highest BCUT2D eigenvalue weighted by Crippen LogP contribution is 2.54. The molecule has 1 aliphatic carbocycles. The maximum absolute atomic E-state index is 11.1. The van der Waals surface area contributed by atoms with Gasteiger partial charge in [0, 0.05) is 43.3 Å². The number of rotatable bonds is 2. The van der Waals surface area contributed by atoms with Gasteiger partial charge >= 0.3 is 0 Å². The van der Waals surface area contributed by atoms with Gasteiger partial charge in [0.25, 0.3) is 5.69 Å². The first-order chi connectivity index (χ1) is 13.6. The fraction of sp³-hybridized carbons (Fsp3) is 0.524. The highest BCUT2D eigenvalue weighted by molar-refractivity contribution is 5.88. The summed E-state index contributed by atoms with van der Waals surface area (Å²) in [6, 6.07) is 9.08. The molecule has 1 saturated carbocycles. The molecule has 28 heavy (non-hydrogen) atoms. The smallest absolute Gasteiger partial charge is 0.270 e. The van der Waals surface area contributed by atoms with Gasteiger partial charge in [-0.3, -0.25) is 10.1 Å². The quantitative estimate of drug-likeness (QED) is 0.583. The number of nitrogens with zero attached hydrogens (tertiary/aromatic N) is 4. The van der Waals surface area contributed by atoms with Crippen molar-refractivity contribution >= 4 is 22.4 Å². The Kier molecular flexibility index (Phi) is 3.98. The molecule has 3 heterocycles. The first-order valence-corrected chi connectivity index (χ1v) is 9.95. The first-order valence-electron chi connectivity index (χ1n) is 9.95. The molecule has 2 aromatic rings. The van der Waals surface area contributed by atoms with Crippen LogP contribution in [-0.2, 0) is 4.74 Å². The number of fused-ring (bicyclic) bond motifs is 3. The lowest BCUT2D eigenvalue weighted by Crippen LogP contribution is -2.36. The molecule has 7 heteroatoms. The third kappa shape index (κ3) is 2.55. The zero-order valence-corrected chi connectivity index (χ0v) is 15.6. The average molecular weight is 378 g/mol. The molecular formula is C21H22N4O3. The Bertz CT molecular complexity index is 993. The van der Waals surface area contributed by atoms with Crippen LogP contribution < -0.4 is 4.90 Å². The Morgan fingerprint density at radius 1 is 1.29 bits per heavy atom. The molecule has 3 aliphatic rings. The summed E-state index contributed by atoms with van der Waals surface area (Å²) in [5.74, 6) is 1.49. The van der Waals surface area contributed by atoms with Crippen molar-refractivity contribution in [1.29, 1.82) is 5.26 Å². The Hall–Kier alpha value is -2.72. The van der Waals surface area contributed by atoms with Crippen LogP contribution in [0.15, 0.2) is 24.3 Å². The fourth-order valence-electron chi connectivity index (χ4n) is 5.71. The van der Waals surface area contributed by atoms with E-state index in [1.54, 1.807) is 6.07 Å². The molecule has 3 fully saturated rings. The molecule has 0 radical (unpaired) electrons. The van der Waals surface area contributed by atoms with Crippen LogP contribution in [0.3, 0.4) is 0 Å². The van der Waals surface area contributed by atoms with Crippen LogP contribution >= 0.6 is 0 Å². The van der Waals surface area contributed by atoms with Crippen molar-refractivity contribution in [2.24, 2.45) is 11.3 Å². The predicted molar refractivity (Wildman–Crippen MR) is 104 cm³/mol. The molecule has 7 nitrogen and oxygen atoms in total. The average Bonchev–Trinajstić information content (AvgIpc) is 3.31. The number of hydrogen-bond acceptors (Lipinski definition) is 6. The minimum Gasteiger partial charge on any atom is -0.381 e. The van der Waals surface area contributed by atoms with Gasteiger partial charge in [0.1, 0.15) is 5.82 Å². The third-order valence-corrected chi connectivity index (χ3v) is 7.04. The van der Waals surface area contributed by atoms with Crippen molar-refractivity contribution in [1.82, 2.24) is 4.98 Å². The number of hydrogen-bond donors (Lipinski definition) is 0. The second-order valence-electron chi connectivity index (χ2n) is 8.31. The van der Waals surface area contributed by atoms with Gasteiger partial charge in [-0.25, -0.2) is 4.98 Å². The molecule has 1 aromatic heterocycles. The number of nitro groups is 1. The zero-order chi connectivity index (χ0) is 19.3. The van der Waals surface area contributed by atoms with E-state index >= 15 is 0 Å². The van der Waals surface area contributed by atoms with Crippen molar-refractivity contribution in [2.75, 3.05) is 24.7 Å². The lowest BCUT2D eigenvalue weighted by molar-refractivity contribution is -0.384. The Balaban J connectivity index is 1.58. The molecule has 2 atom stereocenters. The molecule has 0 amide bonds. The van der Waals surface area contributed by atoms with Crippen molar-refractivity contribution in [3.05, 3.63) is 39.9 Å². The van der Waals surface area contributed by atoms with Gasteiger partial charge in [0.15, 0.2) is 0 Å². The van der Waals surface area contributed by atoms with Gasteiger partial charge in [-0.1, -0.05) is 6.42 Å². The first kappa shape index (κ1) is 17.4. The minimum absolute atomic E-state index is 0.0169. The van der Waals surface area contributed by atoms with Gasteiger partial charge < -0.3 is 9.64 Å². The van der Waals surface area contributed by atoms with Gasteiger partial charge in [0.2, 0.25) is 0 Å². The molecule has 1 spiro atoms. The van der Waals surface area contributed by atoms with E-state index in [0.717, 1.165) is 44.8 Å². The maximum Gasteiger partial charge on any atom is 0.270 e. The van der Waals surface area contributed by atoms with Crippen molar-refractivity contribution < 1.29 is 9.66 Å². The molecule has 0 bridgehead atoms. The van der Waals surface area contributed by atoms with E-state index in [-0.39, 0.29) is 5.69 Å². The molecule has 144 valence electrons. The molecule has 2 aliphatic heterocycles. The number of nitriles is 1. The molecule has 2 saturated heterocycles. The van der Waals surface area contributed by atoms with Crippen LogP contribution in [0.5, 0.6) is 0 Å². The Morgan fingerprint density at radius 3 is 2.86 bits per heavy atom. The molecule has 1 aromatic carbocycles. The number of non-ortho nitro benzene ring substituents is 1. The molecule has 5 rings (SSSR count). The molecule has 0 N–H and O–H groups in total. The lowest BCUT2D eigenvalue weighted by atomic mass is 9.71. The van der Waals surface area contributed by atoms with Crippen LogP contribution in [0, 0.1) is 32.8 Å². The number of benzene rings is 1. The second-order valence-corrected chi connectivity index (χ2v) is 8.31. The van der Waals surface area contributed by atoms with E-state index in [2.05, 4.69) is 11.0 Å². The van der Waals surface area contributed by atoms with Crippen LogP contribution in [0.1, 0.15) is 37.7 Å². The summed E-state index contributed by atoms with van der Waals surface area (Å²) in [4.78, 5) is 17.9. The van der Waals surface area contributed by atoms with Crippen molar-refractivity contribution in [3.63, 3.8) is 0 Å². The summed E-state index contributed by atoms with van der Waals surface area (Å²) < 4.78 is 5.64. The van der Waals surface area contributed by atoms with E-state index in [4.69, 9.17) is 9.72 Å². The van der Waals surface area contributed by atoms with Gasteiger partial charge in [-0.15, -0.1) is 0 Å². The van der Waals surface area contributed by atoms with E-state index in [1.165, 1.54) is 25.0 Å². The lowest BCUT2D eigenvalue weighted by Gasteiger charge is -2.37. The number of pyridine rings is 1. The Morgan fingerprint density at radius 2 is 2.11 bits per heavy atom. The zero-order valence-electron chi connectivity index (χ0n) is 15.6. The van der Waals surface area contributed by atoms with Crippen LogP contribution in [0.2, 0.25) is 0 Å². The number of aromatic nitrogens is 1. The number of nitro benzene ring substituents is 1. The maximum atomic E-state index is 11.1. The summed E-state index contributed by atoms with van der Waals surface area (Å²) in [5, 5.41) is 21.3. The minimum atomic E-state index is -0.437. The van der Waals surface area contributed by atoms with Crippen LogP contribution in [-0.4, -0.2) is 35.7 Å². The SMILES string of the molecule is N#Cc1cc(N2CC3(CCOCC3)[C@@H]3CCC[C@@H]32)nc2ccc([N+](=O)[O-])cc12. The monoisotopic (exact) mass is 378 g/mol. The summed E-state index contributed by atoms with van der Waals surface area (Å²) in [6.45, 7) is 2.62. The van der Waals surface area contributed by atoms with Gasteiger partial charge in [-0.2, -0.15) is 5.26 Å². The summed E-state index contributed by atoms with van der Waals surface area (Å²) in [6.07, 6.45) is 5.84. The summed E-state index contributed by atoms with van der Waals surface area (Å²) >= 11 is 0. The predicted octanol–water partition coefficient (Wildman–Crippen LogP) is 3.80. The highest BCUT2D eigenvalue weighted by atomic mass is 16.6. The Labute approximate surface area is 163 Å². The standard InChI is InChI=1S/C21H22N4O3/c22-12-14-10-20(23-18-5-4-15(25(26)27)11-16(14)18)24-13-21(6-8-28-9-7-21)17-2-1-3-19(17)24/h4-5,10-11,17,19H,1-3,6-9,13H2/t17-,19+/m1/s1. The number of ether oxygens (including phenoxy) is 1. The van der Waals surface area contributed by atoms with E-state index < -0.39 is 4.92 Å². The summed E-state index contributed by atoms with van der Waals surface area (Å²) in [5.41, 5.74) is 1.36. The third-order valence-electron chi connectivity index (χ3n) is 7.04. The van der Waals surface area contributed by atoms with Crippen LogP contribution in [0.4, 0.5) is 11.5 Å². The van der Waals surface area contributed by atoms with E-state index in [0.29, 0.717) is 33.8 Å². The van der Waals surface area contributed by atoms with Crippen molar-refractivity contribution in [3.8, 4) is 6.07 Å². The normalized spacial score (nSPS) is 25.8. The fourth-order valence-corrected chi connectivity index (χ4v) is 5.71. The van der Waals surface area contributed by atoms with E-state index in [9.17, 15) is 15.4 Å². The number of anilines is 1. The topological polar surface area (TPSA) is 92.3 Å². The highest BCUT2D eigenvalue weighted by Gasteiger charge is 2.54. The van der Waals surface area contributed by atoms with Crippen molar-refractivity contribution in [2.45, 2.75) is 38.1 Å². The van der Waals surface area contributed by atoms with E-state index in [1.807, 2.05) is 6.07 Å². The summed E-state index contributed by atoms with van der Waals surface area (Å²) in [7, 11) is 0. The molecule has 0 unspecified atom stereocenters. The largest absolute Gasteiger partial charge is 0.381 e. The van der Waals surface area contributed by atoms with Gasteiger partial charge in [0.05, 0.1) is 22.1 Å². The molecular weight excluding hydrogens is 356 g/mol. The van der Waals surface area contributed by atoms with Gasteiger partial charge in [-0.05, 0) is 49.1 Å².